The normalized spacial score (nSPS) is 11.4. The lowest BCUT2D eigenvalue weighted by molar-refractivity contribution is 0.474. The number of hydrazone groups is 1. The van der Waals surface area contributed by atoms with E-state index in [-0.39, 0.29) is 5.75 Å². The van der Waals surface area contributed by atoms with Gasteiger partial charge in [-0.15, -0.1) is 0 Å². The first kappa shape index (κ1) is 10.2. The highest BCUT2D eigenvalue weighted by atomic mass is 16.3. The highest BCUT2D eigenvalue weighted by Crippen LogP contribution is 2.20. The number of rotatable bonds is 2. The molecule has 0 heterocycles. The van der Waals surface area contributed by atoms with Gasteiger partial charge in [-0.25, -0.2) is 0 Å². The topological polar surface area (TPSA) is 58.6 Å². The van der Waals surface area contributed by atoms with Crippen LogP contribution in [0.3, 0.4) is 0 Å². The highest BCUT2D eigenvalue weighted by molar-refractivity contribution is 6.14. The average Bonchev–Trinajstić information content (AvgIpc) is 2.34. The SMILES string of the molecule is N/N=C(/c1ccccc1)c1ccccc1O. The molecule has 0 fully saturated rings. The second kappa shape index (κ2) is 4.49. The molecule has 0 aromatic heterocycles. The van der Waals surface area contributed by atoms with Crippen LogP contribution in [0.2, 0.25) is 0 Å². The van der Waals surface area contributed by atoms with Crippen molar-refractivity contribution in [2.45, 2.75) is 0 Å². The van der Waals surface area contributed by atoms with E-state index >= 15 is 0 Å². The number of nitrogens with two attached hydrogens (primary N) is 1. The Labute approximate surface area is 93.9 Å². The van der Waals surface area contributed by atoms with Crippen LogP contribution in [0.1, 0.15) is 11.1 Å². The smallest absolute Gasteiger partial charge is 0.125 e. The third-order valence-corrected chi connectivity index (χ3v) is 2.34. The molecule has 0 aliphatic rings. The van der Waals surface area contributed by atoms with Gasteiger partial charge >= 0.3 is 0 Å². The van der Waals surface area contributed by atoms with Gasteiger partial charge in [0.25, 0.3) is 0 Å². The summed E-state index contributed by atoms with van der Waals surface area (Å²) < 4.78 is 0. The maximum Gasteiger partial charge on any atom is 0.125 e. The molecular weight excluding hydrogens is 200 g/mol. The quantitative estimate of drug-likeness (QED) is 0.455. The van der Waals surface area contributed by atoms with Crippen molar-refractivity contribution in [2.75, 3.05) is 0 Å². The average molecular weight is 212 g/mol. The maximum absolute atomic E-state index is 9.74. The Bertz CT molecular complexity index is 506. The molecule has 0 saturated heterocycles. The number of aromatic hydroxyl groups is 1. The van der Waals surface area contributed by atoms with Crippen molar-refractivity contribution in [1.82, 2.24) is 0 Å². The molecule has 80 valence electrons. The van der Waals surface area contributed by atoms with E-state index in [4.69, 9.17) is 5.84 Å². The predicted octanol–water partition coefficient (Wildman–Crippen LogP) is 2.10. The monoisotopic (exact) mass is 212 g/mol. The first-order chi connectivity index (χ1) is 7.83. The van der Waals surface area contributed by atoms with Gasteiger partial charge in [-0.1, -0.05) is 42.5 Å². The number of nitrogens with zero attached hydrogens (tertiary/aromatic N) is 1. The zero-order valence-corrected chi connectivity index (χ0v) is 8.67. The molecule has 3 N–H and O–H groups in total. The van der Waals surface area contributed by atoms with Gasteiger partial charge in [-0.05, 0) is 12.1 Å². The van der Waals surface area contributed by atoms with Crippen LogP contribution in [0.4, 0.5) is 0 Å². The van der Waals surface area contributed by atoms with Gasteiger partial charge in [0.1, 0.15) is 11.5 Å². The molecule has 16 heavy (non-hydrogen) atoms. The van der Waals surface area contributed by atoms with E-state index in [1.807, 2.05) is 36.4 Å². The predicted molar refractivity (Wildman–Crippen MR) is 64.4 cm³/mol. The fourth-order valence-corrected chi connectivity index (χ4v) is 1.57. The van der Waals surface area contributed by atoms with Crippen LogP contribution in [-0.2, 0) is 0 Å². The Balaban J connectivity index is 2.51. The fraction of sp³-hybridized carbons (Fsp3) is 0. The Morgan fingerprint density at radius 3 is 2.19 bits per heavy atom. The Morgan fingerprint density at radius 1 is 0.938 bits per heavy atom. The molecule has 3 heteroatoms. The van der Waals surface area contributed by atoms with Crippen molar-refractivity contribution < 1.29 is 5.11 Å². The van der Waals surface area contributed by atoms with E-state index in [2.05, 4.69) is 5.10 Å². The maximum atomic E-state index is 9.74. The molecule has 0 atom stereocenters. The van der Waals surface area contributed by atoms with E-state index in [1.54, 1.807) is 18.2 Å². The van der Waals surface area contributed by atoms with Crippen molar-refractivity contribution in [3.8, 4) is 5.75 Å². The summed E-state index contributed by atoms with van der Waals surface area (Å²) in [6.45, 7) is 0. The molecule has 0 bridgehead atoms. The first-order valence-electron chi connectivity index (χ1n) is 4.94. The minimum absolute atomic E-state index is 0.176. The van der Waals surface area contributed by atoms with Gasteiger partial charge in [0.2, 0.25) is 0 Å². The minimum Gasteiger partial charge on any atom is -0.507 e. The fourth-order valence-electron chi connectivity index (χ4n) is 1.57. The van der Waals surface area contributed by atoms with Crippen molar-refractivity contribution in [3.05, 3.63) is 65.7 Å². The third kappa shape index (κ3) is 1.88. The summed E-state index contributed by atoms with van der Waals surface area (Å²) in [7, 11) is 0. The van der Waals surface area contributed by atoms with Crippen LogP contribution in [0.15, 0.2) is 59.7 Å². The Morgan fingerprint density at radius 2 is 1.56 bits per heavy atom. The van der Waals surface area contributed by atoms with E-state index < -0.39 is 0 Å². The highest BCUT2D eigenvalue weighted by Gasteiger charge is 2.09. The van der Waals surface area contributed by atoms with E-state index in [1.165, 1.54) is 0 Å². The third-order valence-electron chi connectivity index (χ3n) is 2.34. The molecule has 0 saturated carbocycles. The number of phenols is 1. The lowest BCUT2D eigenvalue weighted by Gasteiger charge is -2.07. The summed E-state index contributed by atoms with van der Waals surface area (Å²) in [6, 6.07) is 16.5. The van der Waals surface area contributed by atoms with Gasteiger partial charge < -0.3 is 10.9 Å². The van der Waals surface area contributed by atoms with Gasteiger partial charge in [0, 0.05) is 11.1 Å². The Kier molecular flexibility index (Phi) is 2.87. The first-order valence-corrected chi connectivity index (χ1v) is 4.94. The van der Waals surface area contributed by atoms with Crippen molar-refractivity contribution in [1.29, 1.82) is 0 Å². The molecule has 0 spiro atoms. The number of hydrogen-bond donors (Lipinski definition) is 2. The second-order valence-corrected chi connectivity index (χ2v) is 3.36. The van der Waals surface area contributed by atoms with Crippen LogP contribution in [0.25, 0.3) is 0 Å². The summed E-state index contributed by atoms with van der Waals surface area (Å²) in [4.78, 5) is 0. The minimum atomic E-state index is 0.176. The second-order valence-electron chi connectivity index (χ2n) is 3.36. The zero-order valence-electron chi connectivity index (χ0n) is 8.67. The molecular formula is C13H12N2O. The van der Waals surface area contributed by atoms with Crippen LogP contribution in [0.5, 0.6) is 5.75 Å². The van der Waals surface area contributed by atoms with Gasteiger partial charge in [0.05, 0.1) is 0 Å². The summed E-state index contributed by atoms with van der Waals surface area (Å²) in [5.74, 6) is 5.56. The van der Waals surface area contributed by atoms with E-state index in [0.717, 1.165) is 5.56 Å². The molecule has 0 amide bonds. The van der Waals surface area contributed by atoms with Crippen LogP contribution < -0.4 is 5.84 Å². The summed E-state index contributed by atoms with van der Waals surface area (Å²) in [5, 5.41) is 13.5. The van der Waals surface area contributed by atoms with Crippen molar-refractivity contribution >= 4 is 5.71 Å². The summed E-state index contributed by atoms with van der Waals surface area (Å²) >= 11 is 0. The van der Waals surface area contributed by atoms with Crippen molar-refractivity contribution in [3.63, 3.8) is 0 Å². The molecule has 0 aliphatic carbocycles. The van der Waals surface area contributed by atoms with Gasteiger partial charge in [0.15, 0.2) is 0 Å². The van der Waals surface area contributed by atoms with Crippen LogP contribution in [-0.4, -0.2) is 10.8 Å². The molecule has 2 rings (SSSR count). The molecule has 0 radical (unpaired) electrons. The standard InChI is InChI=1S/C13H12N2O/c14-15-13(10-6-2-1-3-7-10)11-8-4-5-9-12(11)16/h1-9,16H,14H2/b15-13-. The summed E-state index contributed by atoms with van der Waals surface area (Å²) in [6.07, 6.45) is 0. The number of hydrogen-bond acceptors (Lipinski definition) is 3. The Hall–Kier alpha value is -2.29. The van der Waals surface area contributed by atoms with Crippen LogP contribution in [0, 0.1) is 0 Å². The largest absolute Gasteiger partial charge is 0.507 e. The van der Waals surface area contributed by atoms with Crippen molar-refractivity contribution in [2.24, 2.45) is 10.9 Å². The van der Waals surface area contributed by atoms with Gasteiger partial charge in [-0.3, -0.25) is 0 Å². The van der Waals surface area contributed by atoms with Gasteiger partial charge in [-0.2, -0.15) is 5.10 Å². The number of para-hydroxylation sites is 1. The molecule has 0 unspecified atom stereocenters. The van der Waals surface area contributed by atoms with Crippen LogP contribution >= 0.6 is 0 Å². The van der Waals surface area contributed by atoms with E-state index in [9.17, 15) is 5.11 Å². The summed E-state index contributed by atoms with van der Waals surface area (Å²) in [5.41, 5.74) is 2.10. The lowest BCUT2D eigenvalue weighted by Crippen LogP contribution is -2.06. The van der Waals surface area contributed by atoms with E-state index in [0.29, 0.717) is 11.3 Å². The molecule has 3 nitrogen and oxygen atoms in total. The number of phenolic OH excluding ortho intramolecular Hbond substituents is 1. The molecule has 2 aromatic rings. The lowest BCUT2D eigenvalue weighted by atomic mass is 10.0. The molecule has 2 aromatic carbocycles. The zero-order chi connectivity index (χ0) is 11.4. The number of benzene rings is 2. The molecule has 0 aliphatic heterocycles.